The number of rotatable bonds is 9. The molecule has 4 unspecified atom stereocenters. The van der Waals surface area contributed by atoms with E-state index in [0.29, 0.717) is 0 Å². The summed E-state index contributed by atoms with van der Waals surface area (Å²) in [5.41, 5.74) is -0.306. The van der Waals surface area contributed by atoms with Gasteiger partial charge in [0.2, 0.25) is 0 Å². The predicted molar refractivity (Wildman–Crippen MR) is 124 cm³/mol. The van der Waals surface area contributed by atoms with Crippen LogP contribution in [-0.4, -0.2) is 23.6 Å². The molecular formula is C28H42O4. The van der Waals surface area contributed by atoms with Gasteiger partial charge in [0, 0.05) is 12.3 Å². The van der Waals surface area contributed by atoms with Crippen LogP contribution < -0.4 is 0 Å². The molecule has 178 valence electrons. The van der Waals surface area contributed by atoms with Gasteiger partial charge in [-0.15, -0.1) is 0 Å². The zero-order chi connectivity index (χ0) is 22.5. The highest BCUT2D eigenvalue weighted by molar-refractivity contribution is 5.72. The Balaban J connectivity index is 1.15. The second kappa shape index (κ2) is 8.47. The molecule has 4 atom stereocenters. The van der Waals surface area contributed by atoms with E-state index in [9.17, 15) is 9.59 Å². The number of carbonyl (C=O) groups is 2. The SMILES string of the molecule is CC(=O)OC(CCCC1CC2C=CC1C2)CC(=O)OC(C)(C)C12CC3CC(CC(C3)C1)C2. The van der Waals surface area contributed by atoms with Crippen molar-refractivity contribution in [3.05, 3.63) is 12.2 Å². The lowest BCUT2D eigenvalue weighted by Gasteiger charge is -2.61. The van der Waals surface area contributed by atoms with E-state index in [-0.39, 0.29) is 29.9 Å². The molecule has 0 spiro atoms. The first kappa shape index (κ1) is 22.5. The van der Waals surface area contributed by atoms with Gasteiger partial charge in [0.15, 0.2) is 0 Å². The van der Waals surface area contributed by atoms with E-state index in [1.165, 1.54) is 58.3 Å². The Morgan fingerprint density at radius 1 is 1.00 bits per heavy atom. The third kappa shape index (κ3) is 4.40. The molecule has 5 saturated carbocycles. The molecule has 0 aliphatic heterocycles. The van der Waals surface area contributed by atoms with Crippen LogP contribution in [0, 0.1) is 40.9 Å². The van der Waals surface area contributed by atoms with Crippen LogP contribution >= 0.6 is 0 Å². The van der Waals surface area contributed by atoms with Crippen molar-refractivity contribution in [1.82, 2.24) is 0 Å². The first-order valence-electron chi connectivity index (χ1n) is 13.3. The minimum absolute atomic E-state index is 0.143. The molecule has 0 amide bonds. The van der Waals surface area contributed by atoms with Crippen molar-refractivity contribution in [2.24, 2.45) is 40.9 Å². The lowest BCUT2D eigenvalue weighted by atomic mass is 9.46. The molecule has 6 aliphatic rings. The average Bonchev–Trinajstić information content (AvgIpc) is 3.29. The monoisotopic (exact) mass is 442 g/mol. The van der Waals surface area contributed by atoms with Crippen LogP contribution in [0.5, 0.6) is 0 Å². The van der Waals surface area contributed by atoms with Crippen LogP contribution in [0.25, 0.3) is 0 Å². The minimum atomic E-state index is -0.448. The van der Waals surface area contributed by atoms with E-state index in [2.05, 4.69) is 26.0 Å². The second-order valence-electron chi connectivity index (χ2n) is 12.6. The molecule has 0 saturated heterocycles. The number of fused-ring (bicyclic) bond motifs is 2. The third-order valence-electron chi connectivity index (χ3n) is 9.93. The highest BCUT2D eigenvalue weighted by atomic mass is 16.6. The number of hydrogen-bond donors (Lipinski definition) is 0. The fraction of sp³-hybridized carbons (Fsp3) is 0.857. The van der Waals surface area contributed by atoms with Gasteiger partial charge >= 0.3 is 11.9 Å². The molecule has 0 heterocycles. The molecule has 0 N–H and O–H groups in total. The molecule has 0 radical (unpaired) electrons. The van der Waals surface area contributed by atoms with Gasteiger partial charge in [0.05, 0.1) is 6.42 Å². The van der Waals surface area contributed by atoms with Crippen molar-refractivity contribution in [2.45, 2.75) is 110 Å². The van der Waals surface area contributed by atoms with Gasteiger partial charge in [-0.05, 0) is 120 Å². The van der Waals surface area contributed by atoms with Crippen LogP contribution in [0.1, 0.15) is 97.8 Å². The van der Waals surface area contributed by atoms with Gasteiger partial charge in [-0.3, -0.25) is 9.59 Å². The van der Waals surface area contributed by atoms with E-state index in [1.807, 2.05) is 0 Å². The van der Waals surface area contributed by atoms with Gasteiger partial charge in [0.1, 0.15) is 11.7 Å². The smallest absolute Gasteiger partial charge is 0.310 e. The van der Waals surface area contributed by atoms with Crippen molar-refractivity contribution >= 4 is 11.9 Å². The van der Waals surface area contributed by atoms with Crippen molar-refractivity contribution in [3.8, 4) is 0 Å². The third-order valence-corrected chi connectivity index (χ3v) is 9.93. The van der Waals surface area contributed by atoms with Gasteiger partial charge in [-0.25, -0.2) is 0 Å². The van der Waals surface area contributed by atoms with Crippen molar-refractivity contribution in [1.29, 1.82) is 0 Å². The maximum atomic E-state index is 13.0. The average molecular weight is 443 g/mol. The first-order valence-corrected chi connectivity index (χ1v) is 13.3. The first-order chi connectivity index (χ1) is 15.2. The van der Waals surface area contributed by atoms with Crippen LogP contribution in [0.2, 0.25) is 0 Å². The molecule has 4 nitrogen and oxygen atoms in total. The molecule has 0 aromatic rings. The zero-order valence-electron chi connectivity index (χ0n) is 20.3. The molecular weight excluding hydrogens is 400 g/mol. The summed E-state index contributed by atoms with van der Waals surface area (Å²) in [5.74, 6) is 4.29. The maximum absolute atomic E-state index is 13.0. The van der Waals surface area contributed by atoms with Crippen LogP contribution in [0.4, 0.5) is 0 Å². The molecule has 32 heavy (non-hydrogen) atoms. The predicted octanol–water partition coefficient (Wildman–Crippen LogP) is 6.23. The lowest BCUT2D eigenvalue weighted by molar-refractivity contribution is -0.200. The van der Waals surface area contributed by atoms with E-state index < -0.39 is 5.60 Å². The number of allylic oxidation sites excluding steroid dienone is 2. The van der Waals surface area contributed by atoms with Crippen LogP contribution in [0.15, 0.2) is 12.2 Å². The molecule has 6 rings (SSSR count). The molecule has 6 aliphatic carbocycles. The van der Waals surface area contributed by atoms with Crippen molar-refractivity contribution < 1.29 is 19.1 Å². The van der Waals surface area contributed by atoms with Crippen molar-refractivity contribution in [3.63, 3.8) is 0 Å². The van der Waals surface area contributed by atoms with Gasteiger partial charge in [-0.1, -0.05) is 12.2 Å². The highest BCUT2D eigenvalue weighted by Crippen LogP contribution is 2.64. The summed E-state index contributed by atoms with van der Waals surface area (Å²) >= 11 is 0. The summed E-state index contributed by atoms with van der Waals surface area (Å²) in [6, 6.07) is 0. The summed E-state index contributed by atoms with van der Waals surface area (Å²) in [6.07, 6.45) is 17.9. The van der Waals surface area contributed by atoms with E-state index in [1.54, 1.807) is 0 Å². The number of ether oxygens (including phenoxy) is 2. The lowest BCUT2D eigenvalue weighted by Crippen LogP contribution is -2.57. The Labute approximate surface area is 193 Å². The summed E-state index contributed by atoms with van der Waals surface area (Å²) in [4.78, 5) is 24.7. The zero-order valence-corrected chi connectivity index (χ0v) is 20.3. The van der Waals surface area contributed by atoms with Crippen LogP contribution in [0.3, 0.4) is 0 Å². The van der Waals surface area contributed by atoms with Gasteiger partial charge in [-0.2, -0.15) is 0 Å². The summed E-state index contributed by atoms with van der Waals surface area (Å²) < 4.78 is 11.8. The fourth-order valence-corrected chi connectivity index (χ4v) is 8.74. The quantitative estimate of drug-likeness (QED) is 0.314. The highest BCUT2D eigenvalue weighted by Gasteiger charge is 2.58. The maximum Gasteiger partial charge on any atom is 0.310 e. The summed E-state index contributed by atoms with van der Waals surface area (Å²) in [6.45, 7) is 5.72. The second-order valence-corrected chi connectivity index (χ2v) is 12.6. The van der Waals surface area contributed by atoms with Crippen molar-refractivity contribution in [2.75, 3.05) is 0 Å². The summed E-state index contributed by atoms with van der Waals surface area (Å²) in [5, 5.41) is 0. The number of esters is 2. The Kier molecular flexibility index (Phi) is 5.95. The Bertz CT molecular complexity index is 730. The standard InChI is InChI=1S/C28H42O4/c1-18(29)31-25(6-4-5-23-12-19-7-8-24(23)13-19)14-26(30)32-27(2,3)28-15-20-9-21(16-28)11-22(10-20)17-28/h7-8,19-25H,4-6,9-17H2,1-3H3. The normalized spacial score (nSPS) is 40.0. The molecule has 6 bridgehead atoms. The minimum Gasteiger partial charge on any atom is -0.462 e. The largest absolute Gasteiger partial charge is 0.462 e. The van der Waals surface area contributed by atoms with Gasteiger partial charge < -0.3 is 9.47 Å². The van der Waals surface area contributed by atoms with E-state index in [4.69, 9.17) is 9.47 Å². The van der Waals surface area contributed by atoms with E-state index in [0.717, 1.165) is 54.8 Å². The van der Waals surface area contributed by atoms with Gasteiger partial charge in [0.25, 0.3) is 0 Å². The topological polar surface area (TPSA) is 52.6 Å². The Hall–Kier alpha value is -1.32. The number of carbonyl (C=O) groups excluding carboxylic acids is 2. The Morgan fingerprint density at radius 3 is 2.19 bits per heavy atom. The number of hydrogen-bond acceptors (Lipinski definition) is 4. The summed E-state index contributed by atoms with van der Waals surface area (Å²) in [7, 11) is 0. The Morgan fingerprint density at radius 2 is 1.66 bits per heavy atom. The molecule has 4 heteroatoms. The molecule has 5 fully saturated rings. The van der Waals surface area contributed by atoms with Crippen LogP contribution in [-0.2, 0) is 19.1 Å². The van der Waals surface area contributed by atoms with E-state index >= 15 is 0 Å². The fourth-order valence-electron chi connectivity index (χ4n) is 8.74. The molecule has 0 aromatic carbocycles. The molecule has 0 aromatic heterocycles.